The Morgan fingerprint density at radius 2 is 1.65 bits per heavy atom. The molecular formula is C30H49N3O. The second-order valence-electron chi connectivity index (χ2n) is 12.1. The summed E-state index contributed by atoms with van der Waals surface area (Å²) in [5.74, 6) is 1.47. The fraction of sp³-hybridized carbons (Fsp3) is 0.733. The lowest BCUT2D eigenvalue weighted by Crippen LogP contribution is -2.47. The second-order valence-corrected chi connectivity index (χ2v) is 12.1. The van der Waals surface area contributed by atoms with Crippen molar-refractivity contribution in [1.29, 1.82) is 0 Å². The number of piperidine rings is 1. The first-order chi connectivity index (χ1) is 16.2. The Kier molecular flexibility index (Phi) is 7.99. The van der Waals surface area contributed by atoms with Crippen molar-refractivity contribution in [3.05, 3.63) is 29.3 Å². The highest BCUT2D eigenvalue weighted by atomic mass is 16.5. The van der Waals surface area contributed by atoms with E-state index in [4.69, 9.17) is 4.74 Å². The SMILES string of the molecule is COC1CCN(c2ccc(N3CCN(CC(C)C)CC3)c(C3=C(C)C(C)(C)C(C)CC3)c2)CC1. The average molecular weight is 468 g/mol. The monoisotopic (exact) mass is 467 g/mol. The fourth-order valence-corrected chi connectivity index (χ4v) is 6.28. The minimum atomic E-state index is 0.258. The number of nitrogens with zero attached hydrogens (tertiary/aromatic N) is 3. The van der Waals surface area contributed by atoms with Crippen LogP contribution in [0.3, 0.4) is 0 Å². The molecule has 2 fully saturated rings. The first-order valence-electron chi connectivity index (χ1n) is 13.8. The zero-order chi connectivity index (χ0) is 24.5. The molecule has 0 bridgehead atoms. The summed E-state index contributed by atoms with van der Waals surface area (Å²) < 4.78 is 5.63. The van der Waals surface area contributed by atoms with Crippen molar-refractivity contribution in [2.24, 2.45) is 17.3 Å². The highest BCUT2D eigenvalue weighted by molar-refractivity contribution is 5.82. The van der Waals surface area contributed by atoms with Crippen molar-refractivity contribution in [3.8, 4) is 0 Å². The molecule has 1 atom stereocenters. The molecule has 34 heavy (non-hydrogen) atoms. The van der Waals surface area contributed by atoms with Gasteiger partial charge in [0, 0.05) is 69.9 Å². The number of anilines is 2. The number of ether oxygens (including phenoxy) is 1. The van der Waals surface area contributed by atoms with E-state index in [1.807, 2.05) is 7.11 Å². The molecule has 1 aromatic carbocycles. The van der Waals surface area contributed by atoms with Gasteiger partial charge in [-0.2, -0.15) is 0 Å². The predicted octanol–water partition coefficient (Wildman–Crippen LogP) is 6.31. The smallest absolute Gasteiger partial charge is 0.0605 e. The van der Waals surface area contributed by atoms with Gasteiger partial charge in [-0.1, -0.05) is 40.2 Å². The van der Waals surface area contributed by atoms with Crippen molar-refractivity contribution in [2.45, 2.75) is 73.3 Å². The Labute approximate surface area is 209 Å². The van der Waals surface area contributed by atoms with E-state index >= 15 is 0 Å². The number of rotatable bonds is 6. The Morgan fingerprint density at radius 1 is 0.971 bits per heavy atom. The van der Waals surface area contributed by atoms with Crippen LogP contribution in [0.4, 0.5) is 11.4 Å². The molecule has 2 saturated heterocycles. The van der Waals surface area contributed by atoms with Gasteiger partial charge in [-0.05, 0) is 73.6 Å². The number of hydrogen-bond acceptors (Lipinski definition) is 4. The van der Waals surface area contributed by atoms with Gasteiger partial charge in [0.25, 0.3) is 0 Å². The lowest BCUT2D eigenvalue weighted by Gasteiger charge is -2.42. The van der Waals surface area contributed by atoms with Gasteiger partial charge in [0.05, 0.1) is 6.10 Å². The van der Waals surface area contributed by atoms with E-state index in [1.54, 1.807) is 11.1 Å². The van der Waals surface area contributed by atoms with Gasteiger partial charge in [-0.15, -0.1) is 0 Å². The van der Waals surface area contributed by atoms with Crippen molar-refractivity contribution in [1.82, 2.24) is 4.90 Å². The first-order valence-corrected chi connectivity index (χ1v) is 13.8. The summed E-state index contributed by atoms with van der Waals surface area (Å²) >= 11 is 0. The van der Waals surface area contributed by atoms with Crippen molar-refractivity contribution in [2.75, 3.05) is 62.7 Å². The van der Waals surface area contributed by atoms with Gasteiger partial charge < -0.3 is 14.5 Å². The van der Waals surface area contributed by atoms with E-state index in [-0.39, 0.29) is 5.41 Å². The van der Waals surface area contributed by atoms with Crippen LogP contribution in [0.25, 0.3) is 5.57 Å². The molecule has 0 spiro atoms. The molecule has 1 unspecified atom stereocenters. The van der Waals surface area contributed by atoms with Gasteiger partial charge in [0.15, 0.2) is 0 Å². The van der Waals surface area contributed by atoms with E-state index in [1.165, 1.54) is 49.4 Å². The number of benzene rings is 1. The van der Waals surface area contributed by atoms with E-state index in [0.717, 1.165) is 50.9 Å². The summed E-state index contributed by atoms with van der Waals surface area (Å²) in [6.07, 6.45) is 5.15. The number of methoxy groups -OCH3 is 1. The van der Waals surface area contributed by atoms with Crippen molar-refractivity contribution < 1.29 is 4.74 Å². The summed E-state index contributed by atoms with van der Waals surface area (Å²) in [7, 11) is 1.86. The standard InChI is InChI=1S/C30H49N3O/c1-22(2)21-31-16-18-33(19-17-31)29-11-9-25(32-14-12-26(34-7)13-15-32)20-28(29)27-10-8-23(3)30(5,6)24(27)4/h9,11,20,22-23,26H,8,10,12-19,21H2,1-7H3. The van der Waals surface area contributed by atoms with Crippen LogP contribution < -0.4 is 9.80 Å². The molecule has 4 rings (SSSR count). The average Bonchev–Trinajstić information content (AvgIpc) is 2.83. The van der Waals surface area contributed by atoms with Gasteiger partial charge >= 0.3 is 0 Å². The summed E-state index contributed by atoms with van der Waals surface area (Å²) in [6.45, 7) is 22.4. The Hall–Kier alpha value is -1.52. The molecule has 4 heteroatoms. The number of allylic oxidation sites excluding steroid dienone is 2. The third-order valence-electron chi connectivity index (χ3n) is 9.26. The Bertz CT molecular complexity index is 858. The summed E-state index contributed by atoms with van der Waals surface area (Å²) in [4.78, 5) is 7.89. The summed E-state index contributed by atoms with van der Waals surface area (Å²) in [5.41, 5.74) is 7.81. The molecular weight excluding hydrogens is 418 g/mol. The maximum absolute atomic E-state index is 5.63. The van der Waals surface area contributed by atoms with Crippen LogP contribution in [0.1, 0.15) is 72.8 Å². The largest absolute Gasteiger partial charge is 0.381 e. The highest BCUT2D eigenvalue weighted by Gasteiger charge is 2.35. The molecule has 2 aliphatic heterocycles. The highest BCUT2D eigenvalue weighted by Crippen LogP contribution is 2.49. The molecule has 0 saturated carbocycles. The molecule has 1 aromatic rings. The van der Waals surface area contributed by atoms with Crippen LogP contribution in [0.5, 0.6) is 0 Å². The zero-order valence-corrected chi connectivity index (χ0v) is 23.0. The van der Waals surface area contributed by atoms with Crippen molar-refractivity contribution in [3.63, 3.8) is 0 Å². The summed E-state index contributed by atoms with van der Waals surface area (Å²) in [5, 5.41) is 0. The molecule has 0 N–H and O–H groups in total. The van der Waals surface area contributed by atoms with Crippen LogP contribution in [-0.4, -0.2) is 63.9 Å². The third-order valence-corrected chi connectivity index (χ3v) is 9.26. The molecule has 0 amide bonds. The molecule has 190 valence electrons. The Morgan fingerprint density at radius 3 is 2.26 bits per heavy atom. The molecule has 1 aliphatic carbocycles. The maximum Gasteiger partial charge on any atom is 0.0605 e. The lowest BCUT2D eigenvalue weighted by atomic mass is 9.65. The zero-order valence-electron chi connectivity index (χ0n) is 23.0. The molecule has 0 aromatic heterocycles. The topological polar surface area (TPSA) is 19.0 Å². The fourth-order valence-electron chi connectivity index (χ4n) is 6.28. The van der Waals surface area contributed by atoms with Crippen LogP contribution in [0.2, 0.25) is 0 Å². The molecule has 3 aliphatic rings. The minimum Gasteiger partial charge on any atom is -0.381 e. The van der Waals surface area contributed by atoms with Gasteiger partial charge in [-0.25, -0.2) is 0 Å². The number of hydrogen-bond donors (Lipinski definition) is 0. The minimum absolute atomic E-state index is 0.258. The number of piperazine rings is 1. The van der Waals surface area contributed by atoms with Crippen LogP contribution in [0, 0.1) is 17.3 Å². The molecule has 4 nitrogen and oxygen atoms in total. The van der Waals surface area contributed by atoms with Crippen molar-refractivity contribution >= 4 is 16.9 Å². The van der Waals surface area contributed by atoms with Gasteiger partial charge in [0.1, 0.15) is 0 Å². The van der Waals surface area contributed by atoms with Crippen LogP contribution in [0.15, 0.2) is 23.8 Å². The normalized spacial score (nSPS) is 24.9. The van der Waals surface area contributed by atoms with Crippen LogP contribution >= 0.6 is 0 Å². The molecule has 2 heterocycles. The van der Waals surface area contributed by atoms with E-state index in [0.29, 0.717) is 6.10 Å². The van der Waals surface area contributed by atoms with E-state index < -0.39 is 0 Å². The first kappa shape index (κ1) is 25.6. The van der Waals surface area contributed by atoms with E-state index in [2.05, 4.69) is 74.4 Å². The maximum atomic E-state index is 5.63. The Balaban J connectivity index is 1.66. The quantitative estimate of drug-likeness (QED) is 0.488. The molecule has 0 radical (unpaired) electrons. The van der Waals surface area contributed by atoms with E-state index in [9.17, 15) is 0 Å². The van der Waals surface area contributed by atoms with Crippen LogP contribution in [-0.2, 0) is 4.74 Å². The second kappa shape index (κ2) is 10.6. The summed E-state index contributed by atoms with van der Waals surface area (Å²) in [6, 6.07) is 7.36. The van der Waals surface area contributed by atoms with Gasteiger partial charge in [0.2, 0.25) is 0 Å². The van der Waals surface area contributed by atoms with Gasteiger partial charge in [-0.3, -0.25) is 4.90 Å². The lowest BCUT2D eigenvalue weighted by molar-refractivity contribution is 0.0819. The predicted molar refractivity (Wildman–Crippen MR) is 147 cm³/mol. The third kappa shape index (κ3) is 5.33.